The molecule has 116 valence electrons. The van der Waals surface area contributed by atoms with Crippen molar-refractivity contribution in [1.82, 2.24) is 10.2 Å². The van der Waals surface area contributed by atoms with E-state index >= 15 is 0 Å². The first-order valence-corrected chi connectivity index (χ1v) is 7.32. The molecule has 1 saturated heterocycles. The Morgan fingerprint density at radius 1 is 1.19 bits per heavy atom. The van der Waals surface area contributed by atoms with Gasteiger partial charge in [-0.3, -0.25) is 4.90 Å². The van der Waals surface area contributed by atoms with Gasteiger partial charge in [0.25, 0.3) is 0 Å². The minimum absolute atomic E-state index is 0.116. The van der Waals surface area contributed by atoms with Gasteiger partial charge in [0.05, 0.1) is 0 Å². The quantitative estimate of drug-likeness (QED) is 0.905. The molecule has 3 nitrogen and oxygen atoms in total. The van der Waals surface area contributed by atoms with Crippen molar-refractivity contribution < 1.29 is 17.9 Å². The van der Waals surface area contributed by atoms with E-state index < -0.39 is 6.36 Å². The summed E-state index contributed by atoms with van der Waals surface area (Å²) in [6.45, 7) is 2.48. The standard InChI is InChI=1S/C15H19F3N2O/c16-15(17,18)21-14-4-2-1-3-11(14)9-19-12-7-8-20(10-12)13-5-6-13/h1-4,12-13,19H,5-10H2. The molecule has 0 spiro atoms. The van der Waals surface area contributed by atoms with Crippen molar-refractivity contribution in [2.75, 3.05) is 13.1 Å². The van der Waals surface area contributed by atoms with Crippen molar-refractivity contribution in [3.05, 3.63) is 29.8 Å². The van der Waals surface area contributed by atoms with Crippen LogP contribution in [0.5, 0.6) is 5.75 Å². The minimum atomic E-state index is -4.65. The topological polar surface area (TPSA) is 24.5 Å². The lowest BCUT2D eigenvalue weighted by Gasteiger charge is -2.17. The summed E-state index contributed by atoms with van der Waals surface area (Å²) in [6, 6.07) is 7.40. The number of alkyl halides is 3. The number of hydrogen-bond acceptors (Lipinski definition) is 3. The normalized spacial score (nSPS) is 23.5. The number of nitrogens with one attached hydrogen (secondary N) is 1. The molecular formula is C15H19F3N2O. The Bertz CT molecular complexity index is 488. The van der Waals surface area contributed by atoms with Crippen molar-refractivity contribution in [3.63, 3.8) is 0 Å². The lowest BCUT2D eigenvalue weighted by atomic mass is 10.2. The molecule has 2 aliphatic rings. The van der Waals surface area contributed by atoms with Gasteiger partial charge in [-0.05, 0) is 25.3 Å². The van der Waals surface area contributed by atoms with Crippen molar-refractivity contribution in [2.45, 2.75) is 44.3 Å². The van der Waals surface area contributed by atoms with Crippen molar-refractivity contribution in [3.8, 4) is 5.75 Å². The zero-order chi connectivity index (χ0) is 14.9. The van der Waals surface area contributed by atoms with E-state index in [0.717, 1.165) is 25.6 Å². The minimum Gasteiger partial charge on any atom is -0.405 e. The van der Waals surface area contributed by atoms with Crippen molar-refractivity contribution in [1.29, 1.82) is 0 Å². The molecule has 1 aliphatic carbocycles. The first kappa shape index (κ1) is 14.7. The van der Waals surface area contributed by atoms with Gasteiger partial charge in [-0.1, -0.05) is 18.2 Å². The number of hydrogen-bond donors (Lipinski definition) is 1. The van der Waals surface area contributed by atoms with E-state index in [2.05, 4.69) is 15.0 Å². The highest BCUT2D eigenvalue weighted by Crippen LogP contribution is 2.30. The van der Waals surface area contributed by atoms with Crippen molar-refractivity contribution in [2.24, 2.45) is 0 Å². The van der Waals surface area contributed by atoms with Gasteiger partial charge in [-0.2, -0.15) is 0 Å². The van der Waals surface area contributed by atoms with Gasteiger partial charge in [-0.15, -0.1) is 13.2 Å². The largest absolute Gasteiger partial charge is 0.573 e. The SMILES string of the molecule is FC(F)(F)Oc1ccccc1CNC1CCN(C2CC2)C1. The number of likely N-dealkylation sites (tertiary alicyclic amines) is 1. The second kappa shape index (κ2) is 5.85. The van der Waals surface area contributed by atoms with Crippen LogP contribution in [-0.4, -0.2) is 36.4 Å². The van der Waals surface area contributed by atoms with Crippen molar-refractivity contribution >= 4 is 0 Å². The molecule has 1 aromatic rings. The Kier molecular flexibility index (Phi) is 4.08. The first-order valence-electron chi connectivity index (χ1n) is 7.32. The van der Waals surface area contributed by atoms with Gasteiger partial charge in [0.1, 0.15) is 5.75 Å². The van der Waals surface area contributed by atoms with Gasteiger partial charge in [0.15, 0.2) is 0 Å². The number of halogens is 3. The first-order chi connectivity index (χ1) is 10.0. The third-order valence-corrected chi connectivity index (χ3v) is 4.06. The van der Waals surface area contributed by atoms with E-state index in [0.29, 0.717) is 18.2 Å². The number of benzene rings is 1. The molecule has 1 aliphatic heterocycles. The summed E-state index contributed by atoms with van der Waals surface area (Å²) >= 11 is 0. The Balaban J connectivity index is 1.55. The zero-order valence-electron chi connectivity index (χ0n) is 11.7. The molecular weight excluding hydrogens is 281 g/mol. The molecule has 1 saturated carbocycles. The van der Waals surface area contributed by atoms with Crippen LogP contribution in [0.15, 0.2) is 24.3 Å². The second-order valence-corrected chi connectivity index (χ2v) is 5.75. The molecule has 2 fully saturated rings. The lowest BCUT2D eigenvalue weighted by Crippen LogP contribution is -2.33. The Morgan fingerprint density at radius 2 is 1.95 bits per heavy atom. The molecule has 1 unspecified atom stereocenters. The van der Waals surface area contributed by atoms with Crippen LogP contribution in [0.2, 0.25) is 0 Å². The molecule has 21 heavy (non-hydrogen) atoms. The van der Waals surface area contributed by atoms with Crippen LogP contribution in [0.1, 0.15) is 24.8 Å². The van der Waals surface area contributed by atoms with Gasteiger partial charge in [-0.25, -0.2) is 0 Å². The average molecular weight is 300 g/mol. The lowest BCUT2D eigenvalue weighted by molar-refractivity contribution is -0.274. The van der Waals surface area contributed by atoms with Gasteiger partial charge in [0.2, 0.25) is 0 Å². The summed E-state index contributed by atoms with van der Waals surface area (Å²) in [5, 5.41) is 3.35. The maximum Gasteiger partial charge on any atom is 0.573 e. The number of nitrogens with zero attached hydrogens (tertiary/aromatic N) is 1. The molecule has 0 bridgehead atoms. The molecule has 0 amide bonds. The van der Waals surface area contributed by atoms with Crippen LogP contribution in [0, 0.1) is 0 Å². The van der Waals surface area contributed by atoms with E-state index in [4.69, 9.17) is 0 Å². The third kappa shape index (κ3) is 4.11. The predicted octanol–water partition coefficient (Wildman–Crippen LogP) is 2.91. The van der Waals surface area contributed by atoms with Gasteiger partial charge < -0.3 is 10.1 Å². The molecule has 1 aromatic carbocycles. The fourth-order valence-electron chi connectivity index (χ4n) is 2.85. The number of para-hydroxylation sites is 1. The Labute approximate surface area is 122 Å². The molecule has 3 rings (SSSR count). The van der Waals surface area contributed by atoms with Crippen LogP contribution in [0.25, 0.3) is 0 Å². The molecule has 1 heterocycles. The number of ether oxygens (including phenoxy) is 1. The maximum absolute atomic E-state index is 12.4. The molecule has 1 atom stereocenters. The molecule has 1 N–H and O–H groups in total. The van der Waals surface area contributed by atoms with E-state index in [9.17, 15) is 13.2 Å². The van der Waals surface area contributed by atoms with E-state index in [-0.39, 0.29) is 5.75 Å². The predicted molar refractivity (Wildman–Crippen MR) is 73.0 cm³/mol. The summed E-state index contributed by atoms with van der Waals surface area (Å²) in [5.41, 5.74) is 0.541. The summed E-state index contributed by atoms with van der Waals surface area (Å²) < 4.78 is 41.1. The van der Waals surface area contributed by atoms with Crippen LogP contribution in [-0.2, 0) is 6.54 Å². The number of rotatable bonds is 5. The monoisotopic (exact) mass is 300 g/mol. The molecule has 0 aromatic heterocycles. The highest BCUT2D eigenvalue weighted by atomic mass is 19.4. The van der Waals surface area contributed by atoms with Gasteiger partial charge in [0, 0.05) is 37.3 Å². The Morgan fingerprint density at radius 3 is 2.67 bits per heavy atom. The van der Waals surface area contributed by atoms with E-state index in [1.54, 1.807) is 18.2 Å². The smallest absolute Gasteiger partial charge is 0.405 e. The summed E-state index contributed by atoms with van der Waals surface area (Å²) in [6.07, 6.45) is -1.02. The summed E-state index contributed by atoms with van der Waals surface area (Å²) in [4.78, 5) is 2.47. The maximum atomic E-state index is 12.4. The third-order valence-electron chi connectivity index (χ3n) is 4.06. The second-order valence-electron chi connectivity index (χ2n) is 5.75. The van der Waals surface area contributed by atoms with Crippen LogP contribution < -0.4 is 10.1 Å². The molecule has 6 heteroatoms. The average Bonchev–Trinajstić information content (AvgIpc) is 3.16. The van der Waals surface area contributed by atoms with E-state index in [1.165, 1.54) is 18.9 Å². The van der Waals surface area contributed by atoms with Crippen LogP contribution >= 0.6 is 0 Å². The van der Waals surface area contributed by atoms with Crippen LogP contribution in [0.4, 0.5) is 13.2 Å². The summed E-state index contributed by atoms with van der Waals surface area (Å²) in [7, 11) is 0. The fraction of sp³-hybridized carbons (Fsp3) is 0.600. The highest BCUT2D eigenvalue weighted by Gasteiger charge is 2.34. The van der Waals surface area contributed by atoms with Gasteiger partial charge >= 0.3 is 6.36 Å². The van der Waals surface area contributed by atoms with E-state index in [1.807, 2.05) is 0 Å². The fourth-order valence-corrected chi connectivity index (χ4v) is 2.85. The summed E-state index contributed by atoms with van der Waals surface area (Å²) in [5.74, 6) is -0.116. The highest BCUT2D eigenvalue weighted by molar-refractivity contribution is 5.33. The van der Waals surface area contributed by atoms with Crippen LogP contribution in [0.3, 0.4) is 0 Å². The zero-order valence-corrected chi connectivity index (χ0v) is 11.7. The Hall–Kier alpha value is -1.27. The molecule has 0 radical (unpaired) electrons.